The van der Waals surface area contributed by atoms with Gasteiger partial charge >= 0.3 is 0 Å². The van der Waals surface area contributed by atoms with Crippen molar-refractivity contribution in [2.24, 2.45) is 4.99 Å². The number of likely N-dealkylation sites (N-methyl/N-ethyl adjacent to an activating group) is 1. The molecule has 0 bridgehead atoms. The molecule has 1 aromatic rings. The second-order valence-electron chi connectivity index (χ2n) is 8.51. The van der Waals surface area contributed by atoms with Crippen LogP contribution < -0.4 is 15.4 Å². The number of benzene rings is 1. The Labute approximate surface area is 183 Å². The van der Waals surface area contributed by atoms with Crippen LogP contribution >= 0.6 is 0 Å². The second kappa shape index (κ2) is 12.2. The second-order valence-corrected chi connectivity index (χ2v) is 8.51. The molecule has 1 saturated heterocycles. The summed E-state index contributed by atoms with van der Waals surface area (Å²) in [4.78, 5) is 9.47. The van der Waals surface area contributed by atoms with Gasteiger partial charge in [-0.15, -0.1) is 0 Å². The number of guanidine groups is 1. The summed E-state index contributed by atoms with van der Waals surface area (Å²) >= 11 is 0. The van der Waals surface area contributed by atoms with Crippen molar-refractivity contribution in [3.05, 3.63) is 29.8 Å². The average molecular weight is 416 g/mol. The van der Waals surface area contributed by atoms with E-state index < -0.39 is 0 Å². The minimum absolute atomic E-state index is 0.499. The molecule has 1 unspecified atom stereocenters. The first-order valence-corrected chi connectivity index (χ1v) is 11.9. The summed E-state index contributed by atoms with van der Waals surface area (Å²) in [6, 6.07) is 9.70. The number of likely N-dealkylation sites (tertiary alicyclic amines) is 1. The van der Waals surface area contributed by atoms with E-state index in [1.54, 1.807) is 0 Å². The van der Waals surface area contributed by atoms with Crippen LogP contribution in [0.4, 0.5) is 0 Å². The highest BCUT2D eigenvalue weighted by atomic mass is 16.5. The van der Waals surface area contributed by atoms with E-state index in [9.17, 15) is 0 Å². The molecule has 0 spiro atoms. The Morgan fingerprint density at radius 3 is 2.53 bits per heavy atom. The Morgan fingerprint density at radius 2 is 1.87 bits per heavy atom. The smallest absolute Gasteiger partial charge is 0.191 e. The minimum Gasteiger partial charge on any atom is -0.492 e. The van der Waals surface area contributed by atoms with Crippen molar-refractivity contribution in [1.82, 2.24) is 20.4 Å². The highest BCUT2D eigenvalue weighted by molar-refractivity contribution is 5.80. The first-order valence-electron chi connectivity index (χ1n) is 11.9. The van der Waals surface area contributed by atoms with E-state index in [-0.39, 0.29) is 0 Å². The molecule has 1 saturated carbocycles. The van der Waals surface area contributed by atoms with Crippen molar-refractivity contribution in [1.29, 1.82) is 0 Å². The fourth-order valence-corrected chi connectivity index (χ4v) is 4.62. The van der Waals surface area contributed by atoms with Crippen LogP contribution in [0.2, 0.25) is 0 Å². The largest absolute Gasteiger partial charge is 0.492 e. The van der Waals surface area contributed by atoms with Crippen LogP contribution in [0.3, 0.4) is 0 Å². The predicted octanol–water partition coefficient (Wildman–Crippen LogP) is 3.09. The standard InChI is InChI=1S/C24H41N5O/c1-4-28(5-2)16-17-30-23-12-10-20(11-13-23)18-26-24(25-3)27-21-14-15-29(19-21)22-8-6-7-9-22/h10-13,21-22H,4-9,14-19H2,1-3H3,(H2,25,26,27). The van der Waals surface area contributed by atoms with Crippen LogP contribution in [-0.2, 0) is 6.54 Å². The highest BCUT2D eigenvalue weighted by Crippen LogP contribution is 2.26. The molecule has 168 valence electrons. The molecule has 2 N–H and O–H groups in total. The van der Waals surface area contributed by atoms with Gasteiger partial charge in [0.15, 0.2) is 5.96 Å². The number of nitrogens with zero attached hydrogens (tertiary/aromatic N) is 3. The van der Waals surface area contributed by atoms with E-state index in [1.807, 2.05) is 7.05 Å². The van der Waals surface area contributed by atoms with E-state index in [0.29, 0.717) is 6.04 Å². The maximum Gasteiger partial charge on any atom is 0.191 e. The predicted molar refractivity (Wildman–Crippen MR) is 125 cm³/mol. The zero-order valence-electron chi connectivity index (χ0n) is 19.2. The lowest BCUT2D eigenvalue weighted by molar-refractivity contribution is 0.223. The quantitative estimate of drug-likeness (QED) is 0.454. The molecule has 3 rings (SSSR count). The average Bonchev–Trinajstić information content (AvgIpc) is 3.47. The molecule has 2 fully saturated rings. The number of hydrogen-bond acceptors (Lipinski definition) is 4. The molecule has 6 nitrogen and oxygen atoms in total. The van der Waals surface area contributed by atoms with Gasteiger partial charge in [0.2, 0.25) is 0 Å². The van der Waals surface area contributed by atoms with E-state index >= 15 is 0 Å². The van der Waals surface area contributed by atoms with Crippen molar-refractivity contribution in [2.45, 2.75) is 64.6 Å². The van der Waals surface area contributed by atoms with Crippen molar-refractivity contribution in [3.63, 3.8) is 0 Å². The number of aliphatic imine (C=N–C) groups is 1. The van der Waals surface area contributed by atoms with Crippen LogP contribution in [0, 0.1) is 0 Å². The molecule has 2 aliphatic rings. The number of nitrogens with one attached hydrogen (secondary N) is 2. The van der Waals surface area contributed by atoms with Gasteiger partial charge in [-0.25, -0.2) is 0 Å². The maximum absolute atomic E-state index is 5.88. The zero-order chi connectivity index (χ0) is 21.2. The molecule has 1 atom stereocenters. The highest BCUT2D eigenvalue weighted by Gasteiger charge is 2.30. The Balaban J connectivity index is 1.37. The molecule has 0 amide bonds. The molecule has 6 heteroatoms. The Hall–Kier alpha value is -1.79. The van der Waals surface area contributed by atoms with Crippen LogP contribution in [0.25, 0.3) is 0 Å². The Kier molecular flexibility index (Phi) is 9.27. The molecule has 0 aromatic heterocycles. The van der Waals surface area contributed by atoms with Gasteiger partial charge in [0, 0.05) is 45.3 Å². The fraction of sp³-hybridized carbons (Fsp3) is 0.708. The third-order valence-electron chi connectivity index (χ3n) is 6.58. The van der Waals surface area contributed by atoms with Gasteiger partial charge in [-0.3, -0.25) is 9.89 Å². The lowest BCUT2D eigenvalue weighted by atomic mass is 10.2. The van der Waals surface area contributed by atoms with Gasteiger partial charge in [0.25, 0.3) is 0 Å². The monoisotopic (exact) mass is 415 g/mol. The molecule has 1 heterocycles. The molecular formula is C24H41N5O. The van der Waals surface area contributed by atoms with Gasteiger partial charge in [-0.05, 0) is 50.0 Å². The normalized spacial score (nSPS) is 20.8. The molecule has 0 radical (unpaired) electrons. The zero-order valence-corrected chi connectivity index (χ0v) is 19.2. The SMILES string of the molecule is CCN(CC)CCOc1ccc(CNC(=NC)NC2CCN(C3CCCC3)C2)cc1. The van der Waals surface area contributed by atoms with Gasteiger partial charge in [0.1, 0.15) is 12.4 Å². The molecule has 1 aliphatic heterocycles. The van der Waals surface area contributed by atoms with Crippen molar-refractivity contribution < 1.29 is 4.74 Å². The number of rotatable bonds is 10. The van der Waals surface area contributed by atoms with E-state index in [0.717, 1.165) is 57.1 Å². The van der Waals surface area contributed by atoms with E-state index in [4.69, 9.17) is 4.74 Å². The molecule has 1 aromatic carbocycles. The summed E-state index contributed by atoms with van der Waals surface area (Å²) in [6.07, 6.45) is 6.78. The van der Waals surface area contributed by atoms with Gasteiger partial charge in [-0.1, -0.05) is 38.8 Å². The number of ether oxygens (including phenoxy) is 1. The van der Waals surface area contributed by atoms with Crippen LogP contribution in [0.15, 0.2) is 29.3 Å². The van der Waals surface area contributed by atoms with Crippen molar-refractivity contribution >= 4 is 5.96 Å². The summed E-state index contributed by atoms with van der Waals surface area (Å²) in [7, 11) is 1.85. The van der Waals surface area contributed by atoms with E-state index in [1.165, 1.54) is 44.2 Å². The third kappa shape index (κ3) is 6.88. The molecule has 1 aliphatic carbocycles. The Bertz CT molecular complexity index is 638. The molecule has 30 heavy (non-hydrogen) atoms. The van der Waals surface area contributed by atoms with Crippen LogP contribution in [0.1, 0.15) is 51.5 Å². The lowest BCUT2D eigenvalue weighted by Gasteiger charge is -2.24. The van der Waals surface area contributed by atoms with Gasteiger partial charge in [0.05, 0.1) is 0 Å². The van der Waals surface area contributed by atoms with Crippen molar-refractivity contribution in [2.75, 3.05) is 46.4 Å². The summed E-state index contributed by atoms with van der Waals surface area (Å²) in [5.41, 5.74) is 1.23. The lowest BCUT2D eigenvalue weighted by Crippen LogP contribution is -2.45. The van der Waals surface area contributed by atoms with Crippen LogP contribution in [-0.4, -0.2) is 74.2 Å². The fourth-order valence-electron chi connectivity index (χ4n) is 4.62. The van der Waals surface area contributed by atoms with Gasteiger partial charge in [-0.2, -0.15) is 0 Å². The number of hydrogen-bond donors (Lipinski definition) is 2. The Morgan fingerprint density at radius 1 is 1.13 bits per heavy atom. The first kappa shape index (κ1) is 22.9. The van der Waals surface area contributed by atoms with Gasteiger partial charge < -0.3 is 20.3 Å². The summed E-state index contributed by atoms with van der Waals surface area (Å²) < 4.78 is 5.88. The maximum atomic E-state index is 5.88. The summed E-state index contributed by atoms with van der Waals surface area (Å²) in [6.45, 7) is 11.3. The minimum atomic E-state index is 0.499. The third-order valence-corrected chi connectivity index (χ3v) is 6.58. The topological polar surface area (TPSA) is 52.1 Å². The summed E-state index contributed by atoms with van der Waals surface area (Å²) in [5.74, 6) is 1.83. The van der Waals surface area contributed by atoms with Crippen molar-refractivity contribution in [3.8, 4) is 5.75 Å². The first-order chi connectivity index (χ1) is 14.7. The van der Waals surface area contributed by atoms with Crippen LogP contribution in [0.5, 0.6) is 5.75 Å². The van der Waals surface area contributed by atoms with E-state index in [2.05, 4.69) is 63.5 Å². The molecular weight excluding hydrogens is 374 g/mol. The summed E-state index contributed by atoms with van der Waals surface area (Å²) in [5, 5.41) is 7.08.